The molecule has 0 heterocycles. The minimum Gasteiger partial charge on any atom is -0.314 e. The Labute approximate surface area is 51.5 Å². The lowest BCUT2D eigenvalue weighted by Gasteiger charge is -2.01. The maximum Gasteiger partial charge on any atom is 0.0124 e. The lowest BCUT2D eigenvalue weighted by atomic mass is 10.2. The summed E-state index contributed by atoms with van der Waals surface area (Å²) in [6, 6.07) is 0.812. The molecule has 1 aliphatic rings. The van der Waals surface area contributed by atoms with Crippen molar-refractivity contribution in [2.24, 2.45) is 5.41 Å². The Hall–Kier alpha value is -0.0400. The second-order valence-electron chi connectivity index (χ2n) is 3.30. The van der Waals surface area contributed by atoms with Crippen LogP contribution in [-0.2, 0) is 0 Å². The van der Waals surface area contributed by atoms with Gasteiger partial charge in [0, 0.05) is 6.04 Å². The van der Waals surface area contributed by atoms with Gasteiger partial charge < -0.3 is 5.32 Å². The highest BCUT2D eigenvalue weighted by Gasteiger charge is 2.44. The molecule has 8 heavy (non-hydrogen) atoms. The van der Waals surface area contributed by atoms with Crippen LogP contribution in [0.4, 0.5) is 0 Å². The van der Waals surface area contributed by atoms with Gasteiger partial charge in [0.1, 0.15) is 0 Å². The van der Waals surface area contributed by atoms with Crippen LogP contribution in [0.15, 0.2) is 0 Å². The van der Waals surface area contributed by atoms with Gasteiger partial charge in [-0.15, -0.1) is 0 Å². The van der Waals surface area contributed by atoms with Crippen molar-refractivity contribution in [3.05, 3.63) is 0 Å². The first-order valence-electron chi connectivity index (χ1n) is 3.40. The van der Waals surface area contributed by atoms with E-state index in [1.54, 1.807) is 0 Å². The Morgan fingerprint density at radius 3 is 2.25 bits per heavy atom. The van der Waals surface area contributed by atoms with E-state index in [1.165, 1.54) is 6.42 Å². The third-order valence-corrected chi connectivity index (χ3v) is 1.96. The number of hydrogen-bond acceptors (Lipinski definition) is 1. The molecule has 0 bridgehead atoms. The second kappa shape index (κ2) is 1.73. The van der Waals surface area contributed by atoms with Crippen molar-refractivity contribution in [1.29, 1.82) is 0 Å². The van der Waals surface area contributed by atoms with E-state index < -0.39 is 0 Å². The topological polar surface area (TPSA) is 12.0 Å². The third kappa shape index (κ3) is 1.03. The van der Waals surface area contributed by atoms with E-state index in [2.05, 4.69) is 26.1 Å². The molecule has 1 heteroatoms. The highest BCUT2D eigenvalue weighted by molar-refractivity contribution is 5.00. The summed E-state index contributed by atoms with van der Waals surface area (Å²) in [6.45, 7) is 7.89. The number of nitrogens with one attached hydrogen (secondary N) is 1. The minimum absolute atomic E-state index is 0.607. The van der Waals surface area contributed by atoms with E-state index in [9.17, 15) is 0 Å². The summed E-state index contributed by atoms with van der Waals surface area (Å²) in [4.78, 5) is 0. The van der Waals surface area contributed by atoms with E-state index >= 15 is 0 Å². The Bertz CT molecular complexity index is 86.4. The Kier molecular flexibility index (Phi) is 1.31. The molecule has 1 aliphatic carbocycles. The van der Waals surface area contributed by atoms with Gasteiger partial charge in [0.05, 0.1) is 0 Å². The normalized spacial score (nSPS) is 32.6. The molecule has 1 rings (SSSR count). The molecule has 0 spiro atoms. The first-order valence-corrected chi connectivity index (χ1v) is 3.40. The van der Waals surface area contributed by atoms with E-state index in [0.717, 1.165) is 12.6 Å². The molecule has 1 unspecified atom stereocenters. The maximum atomic E-state index is 3.41. The van der Waals surface area contributed by atoms with Crippen LogP contribution in [0.3, 0.4) is 0 Å². The van der Waals surface area contributed by atoms with E-state index in [1.807, 2.05) is 0 Å². The summed E-state index contributed by atoms with van der Waals surface area (Å²) in [5, 5.41) is 3.41. The van der Waals surface area contributed by atoms with Crippen molar-refractivity contribution in [2.45, 2.75) is 33.2 Å². The SMILES string of the molecule is CCNC1CC1(C)C. The van der Waals surface area contributed by atoms with Gasteiger partial charge in [-0.3, -0.25) is 0 Å². The van der Waals surface area contributed by atoms with Gasteiger partial charge in [-0.25, -0.2) is 0 Å². The van der Waals surface area contributed by atoms with Gasteiger partial charge in [0.2, 0.25) is 0 Å². The van der Waals surface area contributed by atoms with Crippen LogP contribution >= 0.6 is 0 Å². The molecule has 0 radical (unpaired) electrons. The van der Waals surface area contributed by atoms with Gasteiger partial charge >= 0.3 is 0 Å². The average Bonchev–Trinajstić information content (AvgIpc) is 2.15. The molecular formula is C7H15N. The molecule has 0 amide bonds. The van der Waals surface area contributed by atoms with E-state index in [4.69, 9.17) is 0 Å². The fourth-order valence-electron chi connectivity index (χ4n) is 1.06. The number of hydrogen-bond donors (Lipinski definition) is 1. The molecule has 0 aromatic heterocycles. The monoisotopic (exact) mass is 113 g/mol. The smallest absolute Gasteiger partial charge is 0.0124 e. The quantitative estimate of drug-likeness (QED) is 0.570. The van der Waals surface area contributed by atoms with Crippen LogP contribution in [0.5, 0.6) is 0 Å². The van der Waals surface area contributed by atoms with Crippen molar-refractivity contribution in [2.75, 3.05) is 6.54 Å². The van der Waals surface area contributed by atoms with Gasteiger partial charge in [0.15, 0.2) is 0 Å². The average molecular weight is 113 g/mol. The zero-order chi connectivity index (χ0) is 6.20. The summed E-state index contributed by atoms with van der Waals surface area (Å²) in [5.41, 5.74) is 0.607. The minimum atomic E-state index is 0.607. The molecule has 1 N–H and O–H groups in total. The van der Waals surface area contributed by atoms with Gasteiger partial charge in [0.25, 0.3) is 0 Å². The molecule has 1 atom stereocenters. The zero-order valence-corrected chi connectivity index (χ0v) is 5.99. The summed E-state index contributed by atoms with van der Waals surface area (Å²) in [6.07, 6.45) is 1.36. The second-order valence-corrected chi connectivity index (χ2v) is 3.30. The van der Waals surface area contributed by atoms with Crippen LogP contribution in [0, 0.1) is 5.41 Å². The molecule has 0 aliphatic heterocycles. The Balaban J connectivity index is 2.17. The lowest BCUT2D eigenvalue weighted by Crippen LogP contribution is -2.19. The van der Waals surface area contributed by atoms with Crippen LogP contribution in [-0.4, -0.2) is 12.6 Å². The van der Waals surface area contributed by atoms with Crippen molar-refractivity contribution in [3.8, 4) is 0 Å². The molecule has 0 aromatic carbocycles. The molecular weight excluding hydrogens is 98.1 g/mol. The Morgan fingerprint density at radius 1 is 1.62 bits per heavy atom. The summed E-state index contributed by atoms with van der Waals surface area (Å²) < 4.78 is 0. The summed E-state index contributed by atoms with van der Waals surface area (Å²) in [5.74, 6) is 0. The highest BCUT2D eigenvalue weighted by atomic mass is 15.0. The fraction of sp³-hybridized carbons (Fsp3) is 1.00. The van der Waals surface area contributed by atoms with Crippen LogP contribution in [0.1, 0.15) is 27.2 Å². The van der Waals surface area contributed by atoms with Crippen molar-refractivity contribution in [3.63, 3.8) is 0 Å². The van der Waals surface area contributed by atoms with Crippen molar-refractivity contribution in [1.82, 2.24) is 5.32 Å². The fourth-order valence-corrected chi connectivity index (χ4v) is 1.06. The van der Waals surface area contributed by atoms with E-state index in [-0.39, 0.29) is 0 Å². The molecule has 0 saturated heterocycles. The van der Waals surface area contributed by atoms with Gasteiger partial charge in [-0.1, -0.05) is 20.8 Å². The summed E-state index contributed by atoms with van der Waals surface area (Å²) in [7, 11) is 0. The third-order valence-electron chi connectivity index (χ3n) is 1.96. The molecule has 48 valence electrons. The van der Waals surface area contributed by atoms with Gasteiger partial charge in [-0.2, -0.15) is 0 Å². The summed E-state index contributed by atoms with van der Waals surface area (Å²) >= 11 is 0. The molecule has 1 nitrogen and oxygen atoms in total. The molecule has 0 aromatic rings. The standard InChI is InChI=1S/C7H15N/c1-4-8-6-5-7(6,2)3/h6,8H,4-5H2,1-3H3. The van der Waals surface area contributed by atoms with Crippen LogP contribution in [0.2, 0.25) is 0 Å². The zero-order valence-electron chi connectivity index (χ0n) is 5.99. The lowest BCUT2D eigenvalue weighted by molar-refractivity contribution is 0.553. The van der Waals surface area contributed by atoms with Crippen molar-refractivity contribution >= 4 is 0 Å². The highest BCUT2D eigenvalue weighted by Crippen LogP contribution is 2.44. The predicted octanol–water partition coefficient (Wildman–Crippen LogP) is 1.39. The first-order chi connectivity index (χ1) is 3.67. The van der Waals surface area contributed by atoms with Crippen LogP contribution in [0.25, 0.3) is 0 Å². The largest absolute Gasteiger partial charge is 0.314 e. The van der Waals surface area contributed by atoms with E-state index in [0.29, 0.717) is 5.41 Å². The maximum absolute atomic E-state index is 3.41. The van der Waals surface area contributed by atoms with Gasteiger partial charge in [-0.05, 0) is 18.4 Å². The Morgan fingerprint density at radius 2 is 2.12 bits per heavy atom. The molecule has 1 fully saturated rings. The van der Waals surface area contributed by atoms with Crippen LogP contribution < -0.4 is 5.32 Å². The molecule has 1 saturated carbocycles. The number of rotatable bonds is 2. The van der Waals surface area contributed by atoms with Crippen molar-refractivity contribution < 1.29 is 0 Å². The first kappa shape index (κ1) is 6.09. The predicted molar refractivity (Wildman–Crippen MR) is 35.9 cm³/mol.